The van der Waals surface area contributed by atoms with Crippen molar-refractivity contribution in [2.75, 3.05) is 46.9 Å². The number of nitrogens with one attached hydrogen (secondary N) is 2. The first-order valence-electron chi connectivity index (χ1n) is 9.63. The SMILES string of the molecule is CCNC(=NCc1ccc(OC)c(OC)c1)NCCCCN(CC)CC.I. The first kappa shape index (κ1) is 25.8. The van der Waals surface area contributed by atoms with E-state index in [-0.39, 0.29) is 24.0 Å². The summed E-state index contributed by atoms with van der Waals surface area (Å²) in [7, 11) is 3.29. The molecule has 0 fully saturated rings. The van der Waals surface area contributed by atoms with E-state index in [0.717, 1.165) is 62.2 Å². The summed E-state index contributed by atoms with van der Waals surface area (Å²) in [4.78, 5) is 7.12. The van der Waals surface area contributed by atoms with Crippen LogP contribution < -0.4 is 20.1 Å². The molecular formula is C20H37IN4O2. The first-order chi connectivity index (χ1) is 12.7. The fourth-order valence-corrected chi connectivity index (χ4v) is 2.70. The number of hydrogen-bond donors (Lipinski definition) is 2. The molecule has 1 aromatic rings. The second-order valence-corrected chi connectivity index (χ2v) is 6.05. The standard InChI is InChI=1S/C20H36N4O2.HI/c1-6-21-20(22-13-9-10-14-24(7-2)8-3)23-16-17-11-12-18(25-4)19(15-17)26-5;/h11-12,15H,6-10,13-14,16H2,1-5H3,(H2,21,22,23);1H. The van der Waals surface area contributed by atoms with Crippen LogP contribution in [0.25, 0.3) is 0 Å². The zero-order chi connectivity index (χ0) is 19.2. The molecule has 0 aliphatic carbocycles. The Bertz CT molecular complexity index is 537. The van der Waals surface area contributed by atoms with Crippen LogP contribution in [-0.4, -0.2) is 57.8 Å². The van der Waals surface area contributed by atoms with E-state index in [1.54, 1.807) is 14.2 Å². The number of rotatable bonds is 12. The number of hydrogen-bond acceptors (Lipinski definition) is 4. The number of ether oxygens (including phenoxy) is 2. The quantitative estimate of drug-likeness (QED) is 0.203. The lowest BCUT2D eigenvalue weighted by molar-refractivity contribution is 0.297. The van der Waals surface area contributed by atoms with Gasteiger partial charge in [-0.3, -0.25) is 0 Å². The molecule has 27 heavy (non-hydrogen) atoms. The highest BCUT2D eigenvalue weighted by Crippen LogP contribution is 2.27. The molecular weight excluding hydrogens is 455 g/mol. The van der Waals surface area contributed by atoms with Crippen LogP contribution in [0.3, 0.4) is 0 Å². The Labute approximate surface area is 182 Å². The summed E-state index contributed by atoms with van der Waals surface area (Å²) in [6, 6.07) is 5.89. The van der Waals surface area contributed by atoms with Crippen LogP contribution >= 0.6 is 24.0 Å². The van der Waals surface area contributed by atoms with E-state index in [0.29, 0.717) is 6.54 Å². The van der Waals surface area contributed by atoms with Gasteiger partial charge in [0.2, 0.25) is 0 Å². The zero-order valence-corrected chi connectivity index (χ0v) is 19.8. The van der Waals surface area contributed by atoms with E-state index in [1.807, 2.05) is 18.2 Å². The van der Waals surface area contributed by atoms with Gasteiger partial charge in [-0.1, -0.05) is 19.9 Å². The van der Waals surface area contributed by atoms with Crippen LogP contribution in [0.1, 0.15) is 39.2 Å². The summed E-state index contributed by atoms with van der Waals surface area (Å²) in [5.74, 6) is 2.32. The molecule has 0 aromatic heterocycles. The highest BCUT2D eigenvalue weighted by molar-refractivity contribution is 14.0. The van der Waals surface area contributed by atoms with Gasteiger partial charge in [0.15, 0.2) is 17.5 Å². The second kappa shape index (κ2) is 15.8. The first-order valence-corrected chi connectivity index (χ1v) is 9.63. The van der Waals surface area contributed by atoms with Crippen molar-refractivity contribution in [2.24, 2.45) is 4.99 Å². The van der Waals surface area contributed by atoms with Gasteiger partial charge in [0.05, 0.1) is 20.8 Å². The molecule has 1 rings (SSSR count). The molecule has 0 radical (unpaired) electrons. The van der Waals surface area contributed by atoms with Gasteiger partial charge in [0.1, 0.15) is 0 Å². The molecule has 1 aromatic carbocycles. The summed E-state index contributed by atoms with van der Waals surface area (Å²) < 4.78 is 10.6. The maximum atomic E-state index is 5.35. The van der Waals surface area contributed by atoms with E-state index in [4.69, 9.17) is 9.47 Å². The number of halogens is 1. The maximum absolute atomic E-state index is 5.35. The molecule has 0 bridgehead atoms. The Morgan fingerprint density at radius 3 is 2.30 bits per heavy atom. The van der Waals surface area contributed by atoms with Gasteiger partial charge in [0.25, 0.3) is 0 Å². The highest BCUT2D eigenvalue weighted by atomic mass is 127. The largest absolute Gasteiger partial charge is 0.493 e. The van der Waals surface area contributed by atoms with Crippen molar-refractivity contribution in [1.82, 2.24) is 15.5 Å². The number of guanidine groups is 1. The molecule has 0 saturated carbocycles. The highest BCUT2D eigenvalue weighted by Gasteiger charge is 2.05. The molecule has 0 heterocycles. The fourth-order valence-electron chi connectivity index (χ4n) is 2.70. The maximum Gasteiger partial charge on any atom is 0.191 e. The summed E-state index contributed by atoms with van der Waals surface area (Å²) in [5.41, 5.74) is 1.08. The predicted molar refractivity (Wildman–Crippen MR) is 125 cm³/mol. The van der Waals surface area contributed by atoms with Crippen LogP contribution in [0.15, 0.2) is 23.2 Å². The molecule has 7 heteroatoms. The minimum atomic E-state index is 0. The molecule has 0 spiro atoms. The molecule has 0 aliphatic rings. The average molecular weight is 492 g/mol. The Morgan fingerprint density at radius 1 is 1.00 bits per heavy atom. The van der Waals surface area contributed by atoms with E-state index in [1.165, 1.54) is 6.42 Å². The number of unbranched alkanes of at least 4 members (excludes halogenated alkanes) is 1. The molecule has 0 amide bonds. The molecule has 156 valence electrons. The Hall–Kier alpha value is -1.22. The van der Waals surface area contributed by atoms with Gasteiger partial charge in [-0.25, -0.2) is 4.99 Å². The summed E-state index contributed by atoms with van der Waals surface area (Å²) >= 11 is 0. The normalized spacial score (nSPS) is 11.1. The molecule has 6 nitrogen and oxygen atoms in total. The van der Waals surface area contributed by atoms with Crippen LogP contribution in [0.2, 0.25) is 0 Å². The van der Waals surface area contributed by atoms with E-state index < -0.39 is 0 Å². The van der Waals surface area contributed by atoms with Crippen molar-refractivity contribution in [3.8, 4) is 11.5 Å². The van der Waals surface area contributed by atoms with E-state index in [2.05, 4.69) is 41.3 Å². The van der Waals surface area contributed by atoms with Gasteiger partial charge in [-0.15, -0.1) is 24.0 Å². The van der Waals surface area contributed by atoms with Crippen LogP contribution in [0.4, 0.5) is 0 Å². The summed E-state index contributed by atoms with van der Waals surface area (Å²) in [6.45, 7) is 12.3. The van der Waals surface area contributed by atoms with Crippen molar-refractivity contribution in [3.05, 3.63) is 23.8 Å². The number of aliphatic imine (C=N–C) groups is 1. The average Bonchev–Trinajstić information content (AvgIpc) is 2.68. The van der Waals surface area contributed by atoms with Gasteiger partial charge in [-0.05, 0) is 57.1 Å². The molecule has 0 unspecified atom stereocenters. The summed E-state index contributed by atoms with van der Waals surface area (Å²) in [6.07, 6.45) is 2.33. The topological polar surface area (TPSA) is 58.1 Å². The Morgan fingerprint density at radius 2 is 1.70 bits per heavy atom. The Kier molecular flexibility index (Phi) is 15.1. The van der Waals surface area contributed by atoms with Gasteiger partial charge < -0.3 is 25.0 Å². The van der Waals surface area contributed by atoms with Crippen LogP contribution in [-0.2, 0) is 6.54 Å². The number of methoxy groups -OCH3 is 2. The monoisotopic (exact) mass is 492 g/mol. The smallest absolute Gasteiger partial charge is 0.191 e. The second-order valence-electron chi connectivity index (χ2n) is 6.05. The summed E-state index contributed by atoms with van der Waals surface area (Å²) in [5, 5.41) is 6.71. The van der Waals surface area contributed by atoms with Crippen LogP contribution in [0.5, 0.6) is 11.5 Å². The van der Waals surface area contributed by atoms with Crippen molar-refractivity contribution in [2.45, 2.75) is 40.2 Å². The lowest BCUT2D eigenvalue weighted by atomic mass is 10.2. The zero-order valence-electron chi connectivity index (χ0n) is 17.5. The number of benzene rings is 1. The lowest BCUT2D eigenvalue weighted by Gasteiger charge is -2.18. The third kappa shape index (κ3) is 10.0. The van der Waals surface area contributed by atoms with Crippen molar-refractivity contribution in [1.29, 1.82) is 0 Å². The van der Waals surface area contributed by atoms with Crippen molar-refractivity contribution >= 4 is 29.9 Å². The Balaban J connectivity index is 0.00000676. The predicted octanol–water partition coefficient (Wildman–Crippen LogP) is 3.50. The van der Waals surface area contributed by atoms with Gasteiger partial charge in [-0.2, -0.15) is 0 Å². The van der Waals surface area contributed by atoms with E-state index >= 15 is 0 Å². The van der Waals surface area contributed by atoms with Gasteiger partial charge in [0, 0.05) is 13.1 Å². The van der Waals surface area contributed by atoms with Crippen LogP contribution in [0, 0.1) is 0 Å². The third-order valence-corrected chi connectivity index (χ3v) is 4.30. The minimum absolute atomic E-state index is 0. The molecule has 2 N–H and O–H groups in total. The molecule has 0 aliphatic heterocycles. The number of nitrogens with zero attached hydrogens (tertiary/aromatic N) is 2. The van der Waals surface area contributed by atoms with Crippen molar-refractivity contribution in [3.63, 3.8) is 0 Å². The lowest BCUT2D eigenvalue weighted by Crippen LogP contribution is -2.38. The van der Waals surface area contributed by atoms with Gasteiger partial charge >= 0.3 is 0 Å². The minimum Gasteiger partial charge on any atom is -0.493 e. The fraction of sp³-hybridized carbons (Fsp3) is 0.650. The van der Waals surface area contributed by atoms with E-state index in [9.17, 15) is 0 Å². The third-order valence-electron chi connectivity index (χ3n) is 4.30. The molecule has 0 saturated heterocycles. The molecule has 0 atom stereocenters. The van der Waals surface area contributed by atoms with Crippen molar-refractivity contribution < 1.29 is 9.47 Å².